The fraction of sp³-hybridized carbons (Fsp3) is 0.591. The molecule has 3 atom stereocenters. The van der Waals surface area contributed by atoms with Crippen LogP contribution in [0.4, 0.5) is 8.78 Å². The first-order chi connectivity index (χ1) is 12.1. The Hall–Kier alpha value is -1.51. The third kappa shape index (κ3) is 3.70. The first-order valence-electron chi connectivity index (χ1n) is 9.77. The highest BCUT2D eigenvalue weighted by atomic mass is 19.1. The average molecular weight is 344 g/mol. The van der Waals surface area contributed by atoms with Crippen LogP contribution in [-0.4, -0.2) is 5.78 Å². The Labute approximate surface area is 148 Å². The highest BCUT2D eigenvalue weighted by molar-refractivity contribution is 5.79. The van der Waals surface area contributed by atoms with Crippen molar-refractivity contribution in [2.45, 2.75) is 57.8 Å². The second kappa shape index (κ2) is 7.01. The molecule has 2 saturated carbocycles. The van der Waals surface area contributed by atoms with Crippen molar-refractivity contribution in [3.63, 3.8) is 0 Å². The van der Waals surface area contributed by atoms with E-state index in [1.165, 1.54) is 31.4 Å². The van der Waals surface area contributed by atoms with Crippen LogP contribution in [0.25, 0.3) is 5.57 Å². The van der Waals surface area contributed by atoms with E-state index in [9.17, 15) is 13.6 Å². The molecule has 134 valence electrons. The summed E-state index contributed by atoms with van der Waals surface area (Å²) in [5, 5.41) is 0. The largest absolute Gasteiger partial charge is 0.300 e. The van der Waals surface area contributed by atoms with E-state index in [2.05, 4.69) is 6.08 Å². The number of allylic oxidation sites excluding steroid dienone is 2. The Kier molecular flexibility index (Phi) is 4.75. The Balaban J connectivity index is 1.44. The minimum Gasteiger partial charge on any atom is -0.300 e. The molecule has 0 spiro atoms. The van der Waals surface area contributed by atoms with Crippen LogP contribution in [0, 0.1) is 35.3 Å². The van der Waals surface area contributed by atoms with Gasteiger partial charge >= 0.3 is 0 Å². The number of carbonyl (C=O) groups excluding carboxylic acids is 1. The maximum absolute atomic E-state index is 13.5. The molecule has 0 heterocycles. The monoisotopic (exact) mass is 344 g/mol. The molecule has 0 amide bonds. The number of rotatable bonds is 2. The number of fused-ring (bicyclic) bond motifs is 1. The topological polar surface area (TPSA) is 17.1 Å². The van der Waals surface area contributed by atoms with Crippen molar-refractivity contribution in [2.75, 3.05) is 0 Å². The first kappa shape index (κ1) is 16.9. The van der Waals surface area contributed by atoms with Gasteiger partial charge < -0.3 is 0 Å². The van der Waals surface area contributed by atoms with Crippen molar-refractivity contribution in [1.82, 2.24) is 0 Å². The quantitative estimate of drug-likeness (QED) is 0.649. The van der Waals surface area contributed by atoms with E-state index in [0.29, 0.717) is 23.2 Å². The summed E-state index contributed by atoms with van der Waals surface area (Å²) in [7, 11) is 0. The summed E-state index contributed by atoms with van der Waals surface area (Å²) in [4.78, 5) is 11.5. The minimum atomic E-state index is -0.492. The highest BCUT2D eigenvalue weighted by Gasteiger charge is 2.36. The number of hydrogen-bond acceptors (Lipinski definition) is 1. The van der Waals surface area contributed by atoms with Gasteiger partial charge in [-0.05, 0) is 91.9 Å². The number of ketones is 1. The van der Waals surface area contributed by atoms with E-state index in [0.717, 1.165) is 62.0 Å². The number of carbonyl (C=O) groups is 1. The molecule has 25 heavy (non-hydrogen) atoms. The molecule has 0 N–H and O–H groups in total. The zero-order chi connectivity index (χ0) is 17.4. The lowest BCUT2D eigenvalue weighted by molar-refractivity contribution is -0.121. The van der Waals surface area contributed by atoms with Crippen molar-refractivity contribution < 1.29 is 13.6 Å². The molecule has 1 aromatic rings. The van der Waals surface area contributed by atoms with Gasteiger partial charge in [-0.3, -0.25) is 4.79 Å². The van der Waals surface area contributed by atoms with Gasteiger partial charge in [0.15, 0.2) is 0 Å². The van der Waals surface area contributed by atoms with Crippen molar-refractivity contribution >= 4 is 11.4 Å². The summed E-state index contributed by atoms with van der Waals surface area (Å²) in [6.07, 6.45) is 11.8. The number of Topliss-reactive ketones (excluding diaryl/α,β-unsaturated/α-hetero) is 1. The van der Waals surface area contributed by atoms with Crippen LogP contribution in [0.5, 0.6) is 0 Å². The number of benzene rings is 1. The molecule has 0 aromatic heterocycles. The predicted octanol–water partition coefficient (Wildman–Crippen LogP) is 5.93. The second-order valence-electron chi connectivity index (χ2n) is 8.26. The number of hydrogen-bond donors (Lipinski definition) is 0. The van der Waals surface area contributed by atoms with Gasteiger partial charge in [0, 0.05) is 18.9 Å². The molecule has 0 saturated heterocycles. The van der Waals surface area contributed by atoms with Gasteiger partial charge in [0.05, 0.1) is 0 Å². The molecule has 0 aliphatic heterocycles. The molecule has 2 fully saturated rings. The second-order valence-corrected chi connectivity index (χ2v) is 8.26. The Bertz CT molecular complexity index is 663. The van der Waals surface area contributed by atoms with E-state index < -0.39 is 11.6 Å². The lowest BCUT2D eigenvalue weighted by Crippen LogP contribution is -2.31. The summed E-state index contributed by atoms with van der Waals surface area (Å²) in [6.45, 7) is 0. The molecule has 3 aliphatic carbocycles. The van der Waals surface area contributed by atoms with Crippen molar-refractivity contribution in [3.8, 4) is 0 Å². The van der Waals surface area contributed by atoms with Crippen molar-refractivity contribution in [2.24, 2.45) is 23.7 Å². The molecule has 3 heteroatoms. The summed E-state index contributed by atoms with van der Waals surface area (Å²) in [5.41, 5.74) is 1.82. The van der Waals surface area contributed by atoms with Crippen LogP contribution in [0.1, 0.15) is 63.4 Å². The molecular formula is C22H26F2O. The van der Waals surface area contributed by atoms with Gasteiger partial charge in [0.25, 0.3) is 0 Å². The maximum atomic E-state index is 13.5. The normalized spacial score (nSPS) is 30.7. The van der Waals surface area contributed by atoms with Crippen molar-refractivity contribution in [3.05, 3.63) is 41.5 Å². The fourth-order valence-electron chi connectivity index (χ4n) is 5.40. The SMILES string of the molecule is O=C1CCC(C2CCC3C=C(c4cc(F)cc(F)c4)CCC3C2)CC1. The first-order valence-corrected chi connectivity index (χ1v) is 9.77. The fourth-order valence-corrected chi connectivity index (χ4v) is 5.40. The van der Waals surface area contributed by atoms with E-state index in [1.807, 2.05) is 0 Å². The molecule has 3 aliphatic rings. The number of halogens is 2. The van der Waals surface area contributed by atoms with Gasteiger partial charge in [0.2, 0.25) is 0 Å². The Morgan fingerprint density at radius 3 is 2.16 bits per heavy atom. The summed E-state index contributed by atoms with van der Waals surface area (Å²) in [6, 6.07) is 3.86. The summed E-state index contributed by atoms with van der Waals surface area (Å²) < 4.78 is 27.0. The van der Waals surface area contributed by atoms with Crippen LogP contribution < -0.4 is 0 Å². The Morgan fingerprint density at radius 1 is 0.760 bits per heavy atom. The summed E-state index contributed by atoms with van der Waals surface area (Å²) in [5.74, 6) is 2.23. The van der Waals surface area contributed by atoms with E-state index >= 15 is 0 Å². The molecule has 4 rings (SSSR count). The lowest BCUT2D eigenvalue weighted by Gasteiger charge is -2.42. The van der Waals surface area contributed by atoms with E-state index in [4.69, 9.17) is 0 Å². The third-order valence-electron chi connectivity index (χ3n) is 6.77. The van der Waals surface area contributed by atoms with Crippen molar-refractivity contribution in [1.29, 1.82) is 0 Å². The standard InChI is InChI=1S/C22H26F2O/c23-20-11-19(12-21(24)13-20)18-4-3-16-9-15(1-2-17(16)10-18)14-5-7-22(25)8-6-14/h10-17H,1-9H2. The maximum Gasteiger partial charge on any atom is 0.132 e. The van der Waals surface area contributed by atoms with Crippen LogP contribution in [0.2, 0.25) is 0 Å². The average Bonchev–Trinajstić information content (AvgIpc) is 2.60. The summed E-state index contributed by atoms with van der Waals surface area (Å²) >= 11 is 0. The molecular weight excluding hydrogens is 318 g/mol. The van der Waals surface area contributed by atoms with E-state index in [-0.39, 0.29) is 0 Å². The molecule has 1 nitrogen and oxygen atoms in total. The van der Waals surface area contributed by atoms with Crippen LogP contribution in [0.15, 0.2) is 24.3 Å². The molecule has 0 bridgehead atoms. The molecule has 0 radical (unpaired) electrons. The van der Waals surface area contributed by atoms with Crippen LogP contribution in [0.3, 0.4) is 0 Å². The van der Waals surface area contributed by atoms with Gasteiger partial charge in [-0.2, -0.15) is 0 Å². The van der Waals surface area contributed by atoms with E-state index in [1.54, 1.807) is 0 Å². The zero-order valence-electron chi connectivity index (χ0n) is 14.6. The van der Waals surface area contributed by atoms with Gasteiger partial charge in [-0.1, -0.05) is 6.08 Å². The smallest absolute Gasteiger partial charge is 0.132 e. The third-order valence-corrected chi connectivity index (χ3v) is 6.77. The highest BCUT2D eigenvalue weighted by Crippen LogP contribution is 2.47. The van der Waals surface area contributed by atoms with Gasteiger partial charge in [-0.15, -0.1) is 0 Å². The zero-order valence-corrected chi connectivity index (χ0v) is 14.6. The predicted molar refractivity (Wildman–Crippen MR) is 94.9 cm³/mol. The van der Waals surface area contributed by atoms with Gasteiger partial charge in [-0.25, -0.2) is 8.78 Å². The van der Waals surface area contributed by atoms with Crippen LogP contribution in [-0.2, 0) is 4.79 Å². The van der Waals surface area contributed by atoms with Crippen LogP contribution >= 0.6 is 0 Å². The minimum absolute atomic E-state index is 0.442. The lowest BCUT2D eigenvalue weighted by atomic mass is 9.63. The molecule has 1 aromatic carbocycles. The molecule has 3 unspecified atom stereocenters. The Morgan fingerprint density at radius 2 is 1.44 bits per heavy atom. The van der Waals surface area contributed by atoms with Gasteiger partial charge in [0.1, 0.15) is 17.4 Å².